The molecule has 0 aliphatic carbocycles. The number of sulfonamides is 1. The summed E-state index contributed by atoms with van der Waals surface area (Å²) in [4.78, 5) is 0. The second-order valence-corrected chi connectivity index (χ2v) is 10.6. The molecule has 0 aromatic carbocycles. The number of halogens is 1. The van der Waals surface area contributed by atoms with Crippen LogP contribution < -0.4 is 0 Å². The molecule has 0 aromatic rings. The van der Waals surface area contributed by atoms with Crippen LogP contribution in [0.25, 0.3) is 0 Å². The fourth-order valence-electron chi connectivity index (χ4n) is 2.70. The summed E-state index contributed by atoms with van der Waals surface area (Å²) in [6.07, 6.45) is 2.27. The topological polar surface area (TPSA) is 71.5 Å². The first-order valence-electron chi connectivity index (χ1n) is 6.60. The number of sulfone groups is 1. The van der Waals surface area contributed by atoms with Crippen LogP contribution in [0.1, 0.15) is 25.7 Å². The van der Waals surface area contributed by atoms with Crippen LogP contribution >= 0.6 is 15.9 Å². The number of hydrogen-bond donors (Lipinski definition) is 0. The summed E-state index contributed by atoms with van der Waals surface area (Å²) in [5, 5.41) is 0.416. The zero-order valence-electron chi connectivity index (χ0n) is 10.8. The lowest BCUT2D eigenvalue weighted by Crippen LogP contribution is -2.46. The standard InChI is InChI=1S/C11H20BrNO4S2/c12-9-10-1-5-13(6-2-10)19(16,17)11-3-7-18(14,15)8-4-11/h10-11H,1-9H2. The molecule has 0 spiro atoms. The molecule has 0 saturated carbocycles. The van der Waals surface area contributed by atoms with E-state index in [0.29, 0.717) is 19.0 Å². The van der Waals surface area contributed by atoms with Gasteiger partial charge < -0.3 is 0 Å². The first-order chi connectivity index (χ1) is 8.85. The maximum absolute atomic E-state index is 12.5. The second-order valence-electron chi connectivity index (χ2n) is 5.39. The Kier molecular flexibility index (Phi) is 4.96. The molecule has 2 saturated heterocycles. The molecule has 0 amide bonds. The molecule has 2 aliphatic heterocycles. The zero-order chi connectivity index (χ0) is 14.1. The van der Waals surface area contributed by atoms with Crippen LogP contribution in [0.5, 0.6) is 0 Å². The molecular weight excluding hydrogens is 354 g/mol. The first-order valence-corrected chi connectivity index (χ1v) is 11.0. The minimum atomic E-state index is -3.31. The Labute approximate surface area is 123 Å². The van der Waals surface area contributed by atoms with Crippen molar-refractivity contribution in [2.75, 3.05) is 29.9 Å². The monoisotopic (exact) mass is 373 g/mol. The predicted molar refractivity (Wildman–Crippen MR) is 78.7 cm³/mol. The Bertz CT molecular complexity index is 495. The van der Waals surface area contributed by atoms with E-state index < -0.39 is 25.1 Å². The molecule has 0 atom stereocenters. The second kappa shape index (κ2) is 5.99. The van der Waals surface area contributed by atoms with Crippen LogP contribution in [0, 0.1) is 5.92 Å². The fourth-order valence-corrected chi connectivity index (χ4v) is 7.11. The summed E-state index contributed by atoms with van der Waals surface area (Å²) < 4.78 is 49.2. The van der Waals surface area contributed by atoms with Crippen LogP contribution in [0.3, 0.4) is 0 Å². The maximum atomic E-state index is 12.5. The van der Waals surface area contributed by atoms with E-state index in [4.69, 9.17) is 0 Å². The van der Waals surface area contributed by atoms with Gasteiger partial charge in [0.15, 0.2) is 0 Å². The molecule has 19 heavy (non-hydrogen) atoms. The number of piperidine rings is 1. The van der Waals surface area contributed by atoms with Gasteiger partial charge in [0.1, 0.15) is 9.84 Å². The number of alkyl halides is 1. The van der Waals surface area contributed by atoms with Crippen LogP contribution in [0.2, 0.25) is 0 Å². The number of hydrogen-bond acceptors (Lipinski definition) is 4. The minimum absolute atomic E-state index is 0.00869. The van der Waals surface area contributed by atoms with Crippen molar-refractivity contribution in [2.24, 2.45) is 5.92 Å². The van der Waals surface area contributed by atoms with Crippen LogP contribution in [0.4, 0.5) is 0 Å². The highest BCUT2D eigenvalue weighted by Crippen LogP contribution is 2.27. The van der Waals surface area contributed by atoms with Crippen molar-refractivity contribution in [3.05, 3.63) is 0 Å². The summed E-state index contributed by atoms with van der Waals surface area (Å²) in [5.74, 6) is 0.571. The molecule has 2 fully saturated rings. The van der Waals surface area contributed by atoms with E-state index in [1.54, 1.807) is 4.31 Å². The van der Waals surface area contributed by atoms with Gasteiger partial charge in [-0.1, -0.05) is 15.9 Å². The average Bonchev–Trinajstić information content (AvgIpc) is 2.38. The van der Waals surface area contributed by atoms with Gasteiger partial charge in [0.2, 0.25) is 10.0 Å². The lowest BCUT2D eigenvalue weighted by atomic mass is 10.0. The molecule has 0 bridgehead atoms. The highest BCUT2D eigenvalue weighted by Gasteiger charge is 2.37. The van der Waals surface area contributed by atoms with Gasteiger partial charge in [-0.15, -0.1) is 0 Å². The van der Waals surface area contributed by atoms with E-state index in [2.05, 4.69) is 15.9 Å². The third-order valence-corrected chi connectivity index (χ3v) is 9.10. The normalized spacial score (nSPS) is 27.4. The van der Waals surface area contributed by atoms with Gasteiger partial charge in [-0.05, 0) is 31.6 Å². The summed E-state index contributed by atoms with van der Waals surface area (Å²) >= 11 is 3.44. The maximum Gasteiger partial charge on any atom is 0.217 e. The van der Waals surface area contributed by atoms with E-state index in [1.165, 1.54) is 0 Å². The zero-order valence-corrected chi connectivity index (χ0v) is 14.0. The van der Waals surface area contributed by atoms with Gasteiger partial charge in [-0.3, -0.25) is 0 Å². The quantitative estimate of drug-likeness (QED) is 0.691. The molecule has 0 radical (unpaired) electrons. The van der Waals surface area contributed by atoms with Gasteiger partial charge in [-0.25, -0.2) is 21.1 Å². The molecule has 8 heteroatoms. The van der Waals surface area contributed by atoms with Gasteiger partial charge >= 0.3 is 0 Å². The fraction of sp³-hybridized carbons (Fsp3) is 1.00. The van der Waals surface area contributed by atoms with Crippen molar-refractivity contribution in [1.82, 2.24) is 4.31 Å². The van der Waals surface area contributed by atoms with Crippen molar-refractivity contribution in [3.8, 4) is 0 Å². The summed E-state index contributed by atoms with van der Waals surface area (Å²) in [6.45, 7) is 1.14. The highest BCUT2D eigenvalue weighted by atomic mass is 79.9. The summed E-state index contributed by atoms with van der Waals surface area (Å²) in [7, 11) is -6.32. The third-order valence-electron chi connectivity index (χ3n) is 4.07. The number of nitrogens with zero attached hydrogens (tertiary/aromatic N) is 1. The molecule has 0 aromatic heterocycles. The Morgan fingerprint density at radius 2 is 1.58 bits per heavy atom. The van der Waals surface area contributed by atoms with Gasteiger partial charge in [0.25, 0.3) is 0 Å². The minimum Gasteiger partial charge on any atom is -0.229 e. The Hall–Kier alpha value is 0.340. The van der Waals surface area contributed by atoms with E-state index in [1.807, 2.05) is 0 Å². The van der Waals surface area contributed by atoms with Crippen LogP contribution in [0.15, 0.2) is 0 Å². The molecule has 0 unspecified atom stereocenters. The van der Waals surface area contributed by atoms with Gasteiger partial charge in [0, 0.05) is 18.4 Å². The molecule has 0 N–H and O–H groups in total. The Morgan fingerprint density at radius 3 is 2.05 bits per heavy atom. The third kappa shape index (κ3) is 3.71. The van der Waals surface area contributed by atoms with Crippen molar-refractivity contribution in [1.29, 1.82) is 0 Å². The molecule has 112 valence electrons. The van der Waals surface area contributed by atoms with Gasteiger partial charge in [-0.2, -0.15) is 0 Å². The predicted octanol–water partition coefficient (Wildman–Crippen LogP) is 1.00. The van der Waals surface area contributed by atoms with Crippen molar-refractivity contribution >= 4 is 35.8 Å². The smallest absolute Gasteiger partial charge is 0.217 e. The molecule has 5 nitrogen and oxygen atoms in total. The summed E-state index contributed by atoms with van der Waals surface area (Å²) in [5.41, 5.74) is 0. The van der Waals surface area contributed by atoms with E-state index in [9.17, 15) is 16.8 Å². The van der Waals surface area contributed by atoms with Crippen LogP contribution in [-0.2, 0) is 19.9 Å². The van der Waals surface area contributed by atoms with E-state index in [-0.39, 0.29) is 24.3 Å². The lowest BCUT2D eigenvalue weighted by Gasteiger charge is -2.34. The number of rotatable bonds is 3. The lowest BCUT2D eigenvalue weighted by molar-refractivity contribution is 0.288. The first kappa shape index (κ1) is 15.7. The Morgan fingerprint density at radius 1 is 1.05 bits per heavy atom. The van der Waals surface area contributed by atoms with E-state index >= 15 is 0 Å². The molecule has 2 aliphatic rings. The van der Waals surface area contributed by atoms with Crippen molar-refractivity contribution < 1.29 is 16.8 Å². The SMILES string of the molecule is O=S1(=O)CCC(S(=O)(=O)N2CCC(CBr)CC2)CC1. The average molecular weight is 374 g/mol. The van der Waals surface area contributed by atoms with Crippen molar-refractivity contribution in [2.45, 2.75) is 30.9 Å². The van der Waals surface area contributed by atoms with E-state index in [0.717, 1.165) is 18.2 Å². The summed E-state index contributed by atoms with van der Waals surface area (Å²) in [6, 6.07) is 0. The molecule has 2 heterocycles. The largest absolute Gasteiger partial charge is 0.229 e. The molecule has 2 rings (SSSR count). The Balaban J connectivity index is 1.99. The molecular formula is C11H20BrNO4S2. The van der Waals surface area contributed by atoms with Crippen molar-refractivity contribution in [3.63, 3.8) is 0 Å². The van der Waals surface area contributed by atoms with Gasteiger partial charge in [0.05, 0.1) is 16.8 Å². The highest BCUT2D eigenvalue weighted by molar-refractivity contribution is 9.09. The van der Waals surface area contributed by atoms with Crippen LogP contribution in [-0.4, -0.2) is 56.3 Å².